The Balaban J connectivity index is 1.48. The van der Waals surface area contributed by atoms with Crippen molar-refractivity contribution in [1.82, 2.24) is 10.2 Å². The second kappa shape index (κ2) is 11.3. The van der Waals surface area contributed by atoms with Gasteiger partial charge in [-0.2, -0.15) is 0 Å². The van der Waals surface area contributed by atoms with Crippen molar-refractivity contribution >= 4 is 21.6 Å². The number of likely N-dealkylation sites (tertiary alicyclic amines) is 1. The van der Waals surface area contributed by atoms with Crippen molar-refractivity contribution in [3.63, 3.8) is 0 Å². The molecule has 1 saturated heterocycles. The summed E-state index contributed by atoms with van der Waals surface area (Å²) in [4.78, 5) is 15.6. The highest BCUT2D eigenvalue weighted by Crippen LogP contribution is 2.28. The van der Waals surface area contributed by atoms with Crippen LogP contribution < -0.4 is 9.62 Å². The minimum atomic E-state index is -3.94. The fourth-order valence-corrected chi connectivity index (χ4v) is 5.95. The average Bonchev–Trinajstić information content (AvgIpc) is 3.37. The van der Waals surface area contributed by atoms with Gasteiger partial charge in [0, 0.05) is 13.1 Å². The van der Waals surface area contributed by atoms with Gasteiger partial charge in [-0.25, -0.2) is 8.42 Å². The average molecular weight is 506 g/mol. The molecular formula is C29H35N3O3S. The van der Waals surface area contributed by atoms with Crippen molar-refractivity contribution in [2.24, 2.45) is 0 Å². The molecule has 1 N–H and O–H groups in total. The molecule has 0 unspecified atom stereocenters. The van der Waals surface area contributed by atoms with Gasteiger partial charge in [0.25, 0.3) is 10.0 Å². The van der Waals surface area contributed by atoms with Crippen LogP contribution in [0.15, 0.2) is 71.6 Å². The summed E-state index contributed by atoms with van der Waals surface area (Å²) in [6.07, 6.45) is 2.53. The predicted molar refractivity (Wildman–Crippen MR) is 144 cm³/mol. The Morgan fingerprint density at radius 3 is 2.14 bits per heavy atom. The van der Waals surface area contributed by atoms with Gasteiger partial charge in [-0.3, -0.25) is 14.0 Å². The Morgan fingerprint density at radius 1 is 0.861 bits per heavy atom. The van der Waals surface area contributed by atoms with Crippen LogP contribution in [0.5, 0.6) is 0 Å². The number of hydrogen-bond acceptors (Lipinski definition) is 4. The minimum Gasteiger partial charge on any atom is -0.350 e. The van der Waals surface area contributed by atoms with Crippen molar-refractivity contribution in [3.05, 3.63) is 94.5 Å². The highest BCUT2D eigenvalue weighted by molar-refractivity contribution is 7.92. The lowest BCUT2D eigenvalue weighted by Gasteiger charge is -2.26. The van der Waals surface area contributed by atoms with Crippen molar-refractivity contribution in [2.45, 2.75) is 51.6 Å². The van der Waals surface area contributed by atoms with Crippen LogP contribution in [0.2, 0.25) is 0 Å². The number of benzene rings is 3. The molecule has 0 aliphatic carbocycles. The molecule has 190 valence electrons. The zero-order valence-corrected chi connectivity index (χ0v) is 22.1. The first-order valence-corrected chi connectivity index (χ1v) is 13.9. The molecule has 0 atom stereocenters. The third-order valence-corrected chi connectivity index (χ3v) is 8.42. The second-order valence-corrected chi connectivity index (χ2v) is 11.6. The van der Waals surface area contributed by atoms with Crippen LogP contribution >= 0.6 is 0 Å². The maximum Gasteiger partial charge on any atom is 0.264 e. The predicted octanol–water partition coefficient (Wildman–Crippen LogP) is 4.72. The van der Waals surface area contributed by atoms with E-state index in [1.54, 1.807) is 24.3 Å². The van der Waals surface area contributed by atoms with Gasteiger partial charge in [0.15, 0.2) is 0 Å². The Hall–Kier alpha value is -3.16. The summed E-state index contributed by atoms with van der Waals surface area (Å²) >= 11 is 0. The molecule has 36 heavy (non-hydrogen) atoms. The first kappa shape index (κ1) is 25.9. The Kier molecular flexibility index (Phi) is 8.11. The van der Waals surface area contributed by atoms with Crippen LogP contribution in [0.3, 0.4) is 0 Å². The molecule has 1 amide bonds. The van der Waals surface area contributed by atoms with Crippen LogP contribution in [0.1, 0.15) is 40.7 Å². The highest BCUT2D eigenvalue weighted by atomic mass is 32.2. The van der Waals surface area contributed by atoms with Gasteiger partial charge in [-0.1, -0.05) is 54.1 Å². The standard InChI is InChI=1S/C29H35N3O3S/c1-22-7-14-27(15-8-22)36(34,35)32(28-18-23(2)6-9-24(28)3)21-29(33)30-19-25-10-12-26(13-11-25)20-31-16-4-5-17-31/h6-15,18H,4-5,16-17,19-21H2,1-3H3,(H,30,33). The fourth-order valence-electron chi connectivity index (χ4n) is 4.47. The molecule has 3 aromatic carbocycles. The molecule has 0 spiro atoms. The van der Waals surface area contributed by atoms with E-state index in [1.165, 1.54) is 22.7 Å². The van der Waals surface area contributed by atoms with Crippen molar-refractivity contribution in [2.75, 3.05) is 23.9 Å². The first-order valence-electron chi connectivity index (χ1n) is 12.5. The summed E-state index contributed by atoms with van der Waals surface area (Å²) in [6.45, 7) is 8.97. The summed E-state index contributed by atoms with van der Waals surface area (Å²) in [5, 5.41) is 2.90. The van der Waals surface area contributed by atoms with E-state index in [9.17, 15) is 13.2 Å². The molecule has 6 nitrogen and oxygen atoms in total. The van der Waals surface area contributed by atoms with Gasteiger partial charge < -0.3 is 5.32 Å². The Labute approximate surface area is 215 Å². The van der Waals surface area contributed by atoms with Crippen LogP contribution in [0.4, 0.5) is 5.69 Å². The van der Waals surface area contributed by atoms with E-state index < -0.39 is 10.0 Å². The van der Waals surface area contributed by atoms with E-state index in [4.69, 9.17) is 0 Å². The molecule has 0 saturated carbocycles. The number of sulfonamides is 1. The van der Waals surface area contributed by atoms with E-state index >= 15 is 0 Å². The normalized spacial score (nSPS) is 14.1. The number of carbonyl (C=O) groups is 1. The minimum absolute atomic E-state index is 0.162. The summed E-state index contributed by atoms with van der Waals surface area (Å²) in [7, 11) is -3.94. The van der Waals surface area contributed by atoms with E-state index in [0.717, 1.165) is 41.9 Å². The summed E-state index contributed by atoms with van der Waals surface area (Å²) in [6, 6.07) is 20.6. The van der Waals surface area contributed by atoms with Crippen molar-refractivity contribution < 1.29 is 13.2 Å². The molecule has 0 aromatic heterocycles. The molecular weight excluding hydrogens is 470 g/mol. The molecule has 0 radical (unpaired) electrons. The maximum atomic E-state index is 13.6. The quantitative estimate of drug-likeness (QED) is 0.457. The van der Waals surface area contributed by atoms with Crippen LogP contribution in [-0.4, -0.2) is 38.9 Å². The van der Waals surface area contributed by atoms with Gasteiger partial charge in [0.1, 0.15) is 6.54 Å². The highest BCUT2D eigenvalue weighted by Gasteiger charge is 2.28. The van der Waals surface area contributed by atoms with Gasteiger partial charge in [-0.15, -0.1) is 0 Å². The van der Waals surface area contributed by atoms with Crippen LogP contribution in [-0.2, 0) is 27.9 Å². The third kappa shape index (κ3) is 6.33. The number of aryl methyl sites for hydroxylation is 3. The maximum absolute atomic E-state index is 13.6. The number of nitrogens with one attached hydrogen (secondary N) is 1. The van der Waals surface area contributed by atoms with Gasteiger partial charge in [0.05, 0.1) is 10.6 Å². The fraction of sp³-hybridized carbons (Fsp3) is 0.345. The topological polar surface area (TPSA) is 69.7 Å². The molecule has 3 aromatic rings. The lowest BCUT2D eigenvalue weighted by Crippen LogP contribution is -2.41. The monoisotopic (exact) mass is 505 g/mol. The molecule has 1 heterocycles. The number of anilines is 1. The summed E-state index contributed by atoms with van der Waals surface area (Å²) in [5.74, 6) is -0.354. The zero-order chi connectivity index (χ0) is 25.7. The van der Waals surface area contributed by atoms with E-state index in [-0.39, 0.29) is 17.3 Å². The lowest BCUT2D eigenvalue weighted by molar-refractivity contribution is -0.119. The molecule has 7 heteroatoms. The second-order valence-electron chi connectivity index (χ2n) is 9.69. The van der Waals surface area contributed by atoms with Crippen LogP contribution in [0.25, 0.3) is 0 Å². The van der Waals surface area contributed by atoms with E-state index in [0.29, 0.717) is 12.2 Å². The van der Waals surface area contributed by atoms with Gasteiger partial charge >= 0.3 is 0 Å². The number of rotatable bonds is 9. The molecule has 1 aliphatic heterocycles. The van der Waals surface area contributed by atoms with Crippen molar-refractivity contribution in [1.29, 1.82) is 0 Å². The Morgan fingerprint density at radius 2 is 1.47 bits per heavy atom. The first-order chi connectivity index (χ1) is 17.2. The van der Waals surface area contributed by atoms with Crippen molar-refractivity contribution in [3.8, 4) is 0 Å². The third-order valence-electron chi connectivity index (χ3n) is 6.65. The number of hydrogen-bond donors (Lipinski definition) is 1. The van der Waals surface area contributed by atoms with E-state index in [1.807, 2.05) is 51.1 Å². The summed E-state index contributed by atoms with van der Waals surface area (Å²) < 4.78 is 28.5. The number of amides is 1. The van der Waals surface area contributed by atoms with Crippen LogP contribution in [0, 0.1) is 20.8 Å². The molecule has 0 bridgehead atoms. The number of carbonyl (C=O) groups excluding carboxylic acids is 1. The molecule has 1 fully saturated rings. The molecule has 4 rings (SSSR count). The SMILES string of the molecule is Cc1ccc(S(=O)(=O)N(CC(=O)NCc2ccc(CN3CCCC3)cc2)c2cc(C)ccc2C)cc1. The largest absolute Gasteiger partial charge is 0.350 e. The summed E-state index contributed by atoms with van der Waals surface area (Å²) in [5.41, 5.74) is 5.44. The molecule has 1 aliphatic rings. The van der Waals surface area contributed by atoms with Gasteiger partial charge in [0.2, 0.25) is 5.91 Å². The number of nitrogens with zero attached hydrogens (tertiary/aromatic N) is 2. The lowest BCUT2D eigenvalue weighted by atomic mass is 10.1. The van der Waals surface area contributed by atoms with Gasteiger partial charge in [-0.05, 0) is 87.2 Å². The zero-order valence-electron chi connectivity index (χ0n) is 21.3. The Bertz CT molecular complexity index is 1300. The smallest absolute Gasteiger partial charge is 0.264 e. The van der Waals surface area contributed by atoms with E-state index in [2.05, 4.69) is 22.3 Å².